The van der Waals surface area contributed by atoms with Crippen LogP contribution in [0.2, 0.25) is 0 Å². The zero-order valence-corrected chi connectivity index (χ0v) is 22.7. The van der Waals surface area contributed by atoms with Gasteiger partial charge < -0.3 is 17.9 Å². The molecular formula is C26H31ClN2O2RuS. The molecular weight excluding hydrogens is 541 g/mol. The predicted molar refractivity (Wildman–Crippen MR) is 136 cm³/mol. The second kappa shape index (κ2) is 14.0. The van der Waals surface area contributed by atoms with Gasteiger partial charge in [-0.25, -0.2) is 8.42 Å². The fraction of sp³-hybridized carbons (Fsp3) is 0.269. The maximum absolute atomic E-state index is 13.0. The average molecular weight is 572 g/mol. The number of halogens is 1. The third-order valence-electron chi connectivity index (χ3n) is 5.34. The fourth-order valence-electron chi connectivity index (χ4n) is 3.87. The normalized spacial score (nSPS) is 12.6. The summed E-state index contributed by atoms with van der Waals surface area (Å²) in [6.07, 6.45) is 0.416. The van der Waals surface area contributed by atoms with Gasteiger partial charge in [-0.1, -0.05) is 89.5 Å². The van der Waals surface area contributed by atoms with Crippen molar-refractivity contribution in [2.75, 3.05) is 5.75 Å². The van der Waals surface area contributed by atoms with Crippen LogP contribution >= 0.6 is 9.69 Å². The summed E-state index contributed by atoms with van der Waals surface area (Å²) in [7, 11) is 0.850. The van der Waals surface area contributed by atoms with E-state index in [1.54, 1.807) is 0 Å². The summed E-state index contributed by atoms with van der Waals surface area (Å²) in [5, 5.41) is 0. The van der Waals surface area contributed by atoms with Gasteiger partial charge in [0.1, 0.15) is 0 Å². The molecule has 0 aliphatic heterocycles. The first-order valence-electron chi connectivity index (χ1n) is 10.2. The number of nitrogens with zero attached hydrogens (tertiary/aromatic N) is 1. The molecule has 3 rings (SSSR count). The van der Waals surface area contributed by atoms with Gasteiger partial charge in [-0.15, -0.1) is 12.1 Å². The minimum atomic E-state index is -3.72. The topological polar surface area (TPSA) is 72.0 Å². The van der Waals surface area contributed by atoms with Crippen LogP contribution in [0.25, 0.3) is 10.5 Å². The van der Waals surface area contributed by atoms with Gasteiger partial charge in [0, 0.05) is 5.75 Å². The van der Waals surface area contributed by atoms with Crippen LogP contribution in [0.15, 0.2) is 72.8 Å². The number of hydrogen-bond donors (Lipinski definition) is 0. The number of sulfonamides is 1. The summed E-state index contributed by atoms with van der Waals surface area (Å²) in [6.45, 7) is 6.07. The first-order chi connectivity index (χ1) is 15.3. The van der Waals surface area contributed by atoms with Gasteiger partial charge in [-0.05, 0) is 43.9 Å². The SMILES string of the molecule is Cc1cc(C)c(CCS(=O)(=O)[N-]C(c2ccccc2)C([NH-])c2ccccc2)c(C)c1.[CH3-].[Cl][Ru+3]. The van der Waals surface area contributed by atoms with Crippen LogP contribution in [-0.2, 0) is 33.8 Å². The Morgan fingerprint density at radius 2 is 1.33 bits per heavy atom. The molecule has 3 aromatic rings. The number of rotatable bonds is 8. The first kappa shape index (κ1) is 29.5. The van der Waals surface area contributed by atoms with E-state index in [9.17, 15) is 8.42 Å². The van der Waals surface area contributed by atoms with Gasteiger partial charge >= 0.3 is 27.0 Å². The van der Waals surface area contributed by atoms with Crippen molar-refractivity contribution in [3.63, 3.8) is 0 Å². The molecule has 0 saturated heterocycles. The van der Waals surface area contributed by atoms with E-state index in [1.165, 1.54) is 5.56 Å². The molecule has 7 heteroatoms. The summed E-state index contributed by atoms with van der Waals surface area (Å²) in [5.74, 6) is -0.0669. The van der Waals surface area contributed by atoms with Crippen LogP contribution < -0.4 is 0 Å². The van der Waals surface area contributed by atoms with Gasteiger partial charge in [0.25, 0.3) is 0 Å². The Hall–Kier alpha value is -1.56. The number of benzene rings is 3. The Morgan fingerprint density at radius 3 is 1.82 bits per heavy atom. The van der Waals surface area contributed by atoms with Gasteiger partial charge in [-0.2, -0.15) is 0 Å². The molecule has 0 aromatic heterocycles. The predicted octanol–water partition coefficient (Wildman–Crippen LogP) is 7.53. The molecule has 0 aliphatic rings. The van der Waals surface area contributed by atoms with E-state index in [-0.39, 0.29) is 13.2 Å². The summed E-state index contributed by atoms with van der Waals surface area (Å²) in [4.78, 5) is 0. The second-order valence-electron chi connectivity index (χ2n) is 7.76. The monoisotopic (exact) mass is 572 g/mol. The van der Waals surface area contributed by atoms with Crippen molar-refractivity contribution in [3.05, 3.63) is 124 Å². The van der Waals surface area contributed by atoms with E-state index in [2.05, 4.69) is 26.5 Å². The fourth-order valence-corrected chi connectivity index (χ4v) is 5.03. The number of hydrogen-bond acceptors (Lipinski definition) is 2. The molecule has 0 bridgehead atoms. The third-order valence-corrected chi connectivity index (χ3v) is 6.61. The van der Waals surface area contributed by atoms with Crippen molar-refractivity contribution in [2.45, 2.75) is 39.3 Å². The molecule has 2 atom stereocenters. The second-order valence-corrected chi connectivity index (χ2v) is 9.55. The number of aryl methyl sites for hydroxylation is 3. The number of nitrogens with one attached hydrogen (secondary N) is 1. The maximum atomic E-state index is 13.0. The molecule has 3 aromatic carbocycles. The molecule has 178 valence electrons. The van der Waals surface area contributed by atoms with Crippen LogP contribution in [-0.4, -0.2) is 14.2 Å². The Balaban J connectivity index is 0.00000177. The molecule has 0 radical (unpaired) electrons. The Labute approximate surface area is 213 Å². The standard InChI is InChI=1S/C25H28N2O2S.CH3.ClH.Ru/c1-18-16-19(2)23(20(3)17-18)14-15-30(28,29)27-25(22-12-8-5-9-13-22)24(26)21-10-6-4-7-11-21;;;/h4-13,16-17,24-26H,14-15H2,1-3H3;1H3;1H;/q-2;-1;;+4/p-1. The van der Waals surface area contributed by atoms with Crippen LogP contribution in [0.3, 0.4) is 0 Å². The molecule has 0 aliphatic carbocycles. The average Bonchev–Trinajstić information content (AvgIpc) is 2.79. The molecule has 0 saturated carbocycles. The van der Waals surface area contributed by atoms with Gasteiger partial charge in [0.05, 0.1) is 10.0 Å². The van der Waals surface area contributed by atoms with E-state index < -0.39 is 22.1 Å². The van der Waals surface area contributed by atoms with E-state index in [0.717, 1.165) is 27.8 Å². The summed E-state index contributed by atoms with van der Waals surface area (Å²) in [5.41, 5.74) is 14.6. The summed E-state index contributed by atoms with van der Waals surface area (Å²) < 4.78 is 30.2. The molecule has 2 unspecified atom stereocenters. The molecule has 0 amide bonds. The van der Waals surface area contributed by atoms with Crippen LogP contribution in [0.4, 0.5) is 0 Å². The van der Waals surface area contributed by atoms with Crippen molar-refractivity contribution in [1.29, 1.82) is 0 Å². The minimum absolute atomic E-state index is 0. The van der Waals surface area contributed by atoms with Crippen molar-refractivity contribution >= 4 is 19.7 Å². The first-order valence-corrected chi connectivity index (χ1v) is 14.1. The third kappa shape index (κ3) is 8.62. The van der Waals surface area contributed by atoms with E-state index >= 15 is 0 Å². The van der Waals surface area contributed by atoms with E-state index in [4.69, 9.17) is 5.73 Å². The van der Waals surface area contributed by atoms with Crippen LogP contribution in [0.1, 0.15) is 45.5 Å². The quantitative estimate of drug-likeness (QED) is 0.207. The molecule has 4 nitrogen and oxygen atoms in total. The van der Waals surface area contributed by atoms with Crippen LogP contribution in [0, 0.1) is 28.2 Å². The molecule has 0 spiro atoms. The molecule has 1 N–H and O–H groups in total. The van der Waals surface area contributed by atoms with Gasteiger partial charge in [0.15, 0.2) is 0 Å². The molecule has 33 heavy (non-hydrogen) atoms. The molecule has 0 fully saturated rings. The van der Waals surface area contributed by atoms with Crippen molar-refractivity contribution < 1.29 is 25.7 Å². The van der Waals surface area contributed by atoms with Crippen molar-refractivity contribution in [1.82, 2.24) is 0 Å². The summed E-state index contributed by atoms with van der Waals surface area (Å²) in [6, 6.07) is 21.1. The summed E-state index contributed by atoms with van der Waals surface area (Å²) >= 11 is 1.82. The van der Waals surface area contributed by atoms with E-state index in [1.807, 2.05) is 98.7 Å². The molecule has 0 heterocycles. The van der Waals surface area contributed by atoms with Gasteiger partial charge in [0.2, 0.25) is 0 Å². The Kier molecular flexibility index (Phi) is 12.5. The van der Waals surface area contributed by atoms with Crippen molar-refractivity contribution in [2.24, 2.45) is 0 Å². The zero-order valence-electron chi connectivity index (χ0n) is 19.4. The Bertz CT molecular complexity index is 1070. The zero-order chi connectivity index (χ0) is 23.7. The van der Waals surface area contributed by atoms with Gasteiger partial charge in [-0.3, -0.25) is 0 Å². The Morgan fingerprint density at radius 1 is 0.879 bits per heavy atom. The van der Waals surface area contributed by atoms with E-state index in [0.29, 0.717) is 6.42 Å². The van der Waals surface area contributed by atoms with Crippen molar-refractivity contribution in [3.8, 4) is 0 Å². The van der Waals surface area contributed by atoms with Crippen LogP contribution in [0.5, 0.6) is 0 Å².